The second-order valence-electron chi connectivity index (χ2n) is 7.73. The van der Waals surface area contributed by atoms with Crippen molar-refractivity contribution in [2.24, 2.45) is 5.73 Å². The molecule has 0 atom stereocenters. The predicted molar refractivity (Wildman–Crippen MR) is 124 cm³/mol. The van der Waals surface area contributed by atoms with Crippen LogP contribution in [0.4, 0.5) is 5.82 Å². The van der Waals surface area contributed by atoms with Gasteiger partial charge in [-0.15, -0.1) is 0 Å². The molecule has 0 bridgehead atoms. The van der Waals surface area contributed by atoms with Gasteiger partial charge in [0.05, 0.1) is 37.1 Å². The number of imidazole rings is 1. The quantitative estimate of drug-likeness (QED) is 0.284. The summed E-state index contributed by atoms with van der Waals surface area (Å²) < 4.78 is 12.7. The minimum absolute atomic E-state index is 0.207. The Morgan fingerprint density at radius 1 is 1.21 bits per heavy atom. The maximum Gasteiger partial charge on any atom is 0.488 e. The molecule has 1 amide bonds. The van der Waals surface area contributed by atoms with Gasteiger partial charge in [0.2, 0.25) is 5.95 Å². The number of rotatable bonds is 7. The fourth-order valence-corrected chi connectivity index (χ4v) is 3.94. The lowest BCUT2D eigenvalue weighted by atomic mass is 9.80. The molecule has 0 radical (unpaired) electrons. The highest BCUT2D eigenvalue weighted by Gasteiger charge is 2.24. The predicted octanol–water partition coefficient (Wildman–Crippen LogP) is 0.245. The normalized spacial score (nSPS) is 12.6. The first-order valence-corrected chi connectivity index (χ1v) is 10.5. The molecule has 0 saturated carbocycles. The van der Waals surface area contributed by atoms with Gasteiger partial charge in [-0.3, -0.25) is 4.79 Å². The van der Waals surface area contributed by atoms with Crippen LogP contribution >= 0.6 is 0 Å². The number of amides is 1. The monoisotopic (exact) mass is 460 g/mol. The van der Waals surface area contributed by atoms with Crippen LogP contribution in [-0.4, -0.2) is 49.7 Å². The zero-order valence-electron chi connectivity index (χ0n) is 18.2. The van der Waals surface area contributed by atoms with Crippen molar-refractivity contribution in [3.8, 4) is 12.0 Å². The average Bonchev–Trinajstić information content (AvgIpc) is 3.46. The Kier molecular flexibility index (Phi) is 5.61. The van der Waals surface area contributed by atoms with Gasteiger partial charge in [0.1, 0.15) is 11.3 Å². The largest absolute Gasteiger partial charge is 0.488 e. The molecule has 5 rings (SSSR count). The van der Waals surface area contributed by atoms with Crippen molar-refractivity contribution >= 4 is 35.3 Å². The van der Waals surface area contributed by atoms with Crippen molar-refractivity contribution in [2.45, 2.75) is 19.8 Å². The van der Waals surface area contributed by atoms with E-state index >= 15 is 0 Å². The summed E-state index contributed by atoms with van der Waals surface area (Å²) in [6.07, 6.45) is 0. The summed E-state index contributed by atoms with van der Waals surface area (Å²) in [5, 5.41) is 22.2. The van der Waals surface area contributed by atoms with Crippen molar-refractivity contribution < 1.29 is 24.3 Å². The number of nitrogens with one attached hydrogen (secondary N) is 1. The van der Waals surface area contributed by atoms with Crippen molar-refractivity contribution in [3.63, 3.8) is 0 Å². The highest BCUT2D eigenvalue weighted by Crippen LogP contribution is 2.31. The number of fused-ring (bicyclic) bond motifs is 2. The van der Waals surface area contributed by atoms with Crippen LogP contribution in [0.2, 0.25) is 0 Å². The first-order chi connectivity index (χ1) is 16.5. The number of nitrogens with two attached hydrogens (primary N) is 1. The molecule has 1 aliphatic heterocycles. The molecule has 34 heavy (non-hydrogen) atoms. The van der Waals surface area contributed by atoms with Crippen LogP contribution in [0.1, 0.15) is 27.2 Å². The molecule has 2 aromatic heterocycles. The molecule has 4 aromatic rings. The third-order valence-electron chi connectivity index (χ3n) is 5.58. The fraction of sp³-hybridized carbons (Fsp3) is 0.182. The molecule has 0 saturated heterocycles. The number of hydrogen-bond acceptors (Lipinski definition) is 9. The first-order valence-electron chi connectivity index (χ1n) is 10.5. The molecule has 2 aromatic carbocycles. The minimum atomic E-state index is -1.55. The molecule has 0 spiro atoms. The van der Waals surface area contributed by atoms with Crippen molar-refractivity contribution in [1.82, 2.24) is 19.5 Å². The highest BCUT2D eigenvalue weighted by molar-refractivity contribution is 6.58. The summed E-state index contributed by atoms with van der Waals surface area (Å²) in [5.74, 6) is 0.272. The van der Waals surface area contributed by atoms with Gasteiger partial charge >= 0.3 is 13.1 Å². The Balaban J connectivity index is 1.58. The zero-order valence-corrected chi connectivity index (χ0v) is 18.2. The summed E-state index contributed by atoms with van der Waals surface area (Å²) >= 11 is 0. The second-order valence-corrected chi connectivity index (χ2v) is 7.73. The number of ether oxygens (including phenoxy) is 2. The Hall–Kier alpha value is -4.00. The topological polar surface area (TPSA) is 158 Å². The maximum atomic E-state index is 11.9. The Bertz CT molecular complexity index is 1410. The van der Waals surface area contributed by atoms with Gasteiger partial charge in [0.15, 0.2) is 0 Å². The number of primary amides is 1. The lowest BCUT2D eigenvalue weighted by molar-refractivity contribution is 0.100. The number of anilines is 1. The average molecular weight is 460 g/mol. The Labute approximate surface area is 194 Å². The van der Waals surface area contributed by atoms with Crippen LogP contribution < -0.4 is 21.3 Å². The van der Waals surface area contributed by atoms with E-state index in [0.29, 0.717) is 48.0 Å². The molecule has 11 nitrogen and oxygen atoms in total. The van der Waals surface area contributed by atoms with E-state index in [1.165, 1.54) is 7.11 Å². The number of para-hydroxylation sites is 1. The van der Waals surface area contributed by atoms with Gasteiger partial charge < -0.3 is 30.6 Å². The highest BCUT2D eigenvalue weighted by atomic mass is 16.5. The molecule has 5 N–H and O–H groups in total. The molecule has 0 fully saturated rings. The lowest BCUT2D eigenvalue weighted by Gasteiger charge is -2.13. The smallest absolute Gasteiger partial charge is 0.468 e. The zero-order chi connectivity index (χ0) is 23.8. The lowest BCUT2D eigenvalue weighted by Crippen LogP contribution is -2.30. The summed E-state index contributed by atoms with van der Waals surface area (Å²) in [6, 6.07) is 12.3. The van der Waals surface area contributed by atoms with Gasteiger partial charge in [-0.25, -0.2) is 9.55 Å². The molecule has 3 heterocycles. The van der Waals surface area contributed by atoms with Gasteiger partial charge in [-0.2, -0.15) is 9.97 Å². The van der Waals surface area contributed by atoms with E-state index in [2.05, 4.69) is 15.3 Å². The maximum absolute atomic E-state index is 11.9. The minimum Gasteiger partial charge on any atom is -0.468 e. The molecule has 0 aliphatic carbocycles. The summed E-state index contributed by atoms with van der Waals surface area (Å²) in [5.41, 5.74) is 9.55. The number of carbonyl (C=O) groups is 1. The van der Waals surface area contributed by atoms with Crippen LogP contribution in [0, 0.1) is 0 Å². The Morgan fingerprint density at radius 2 is 2.03 bits per heavy atom. The molecule has 0 unspecified atom stereocenters. The molecule has 172 valence electrons. The summed E-state index contributed by atoms with van der Waals surface area (Å²) in [4.78, 5) is 25.7. The summed E-state index contributed by atoms with van der Waals surface area (Å²) in [6.45, 7) is 1.07. The molecule has 12 heteroatoms. The third kappa shape index (κ3) is 3.83. The van der Waals surface area contributed by atoms with E-state index in [4.69, 9.17) is 20.2 Å². The standard InChI is InChI=1S/C22H21BN6O5/c1-33-22-27-18-14(19(24)30)6-3-7-17(18)29(22)21-26-16-11-34-10-15(16)20(28-21)25-9-12-4-2-5-13(8-12)23(31)32/h2-8,31-32H,9-11H2,1H3,(H2,24,30)(H,25,26,28). The molecular weight excluding hydrogens is 439 g/mol. The van der Waals surface area contributed by atoms with Gasteiger partial charge in [0, 0.05) is 12.1 Å². The van der Waals surface area contributed by atoms with Crippen LogP contribution in [-0.2, 0) is 24.5 Å². The van der Waals surface area contributed by atoms with Crippen LogP contribution in [0.15, 0.2) is 42.5 Å². The summed E-state index contributed by atoms with van der Waals surface area (Å²) in [7, 11) is -0.0737. The van der Waals surface area contributed by atoms with Crippen LogP contribution in [0.3, 0.4) is 0 Å². The van der Waals surface area contributed by atoms with E-state index in [1.54, 1.807) is 41.0 Å². The molecule has 1 aliphatic rings. The van der Waals surface area contributed by atoms with Crippen molar-refractivity contribution in [3.05, 3.63) is 64.8 Å². The number of hydrogen-bond donors (Lipinski definition) is 4. The van der Waals surface area contributed by atoms with E-state index in [9.17, 15) is 14.8 Å². The fourth-order valence-electron chi connectivity index (χ4n) is 3.94. The molecular formula is C22H21BN6O5. The van der Waals surface area contributed by atoms with Crippen LogP contribution in [0.5, 0.6) is 6.01 Å². The number of carbonyl (C=O) groups excluding carboxylic acids is 1. The Morgan fingerprint density at radius 3 is 2.79 bits per heavy atom. The van der Waals surface area contributed by atoms with Crippen molar-refractivity contribution in [1.29, 1.82) is 0 Å². The van der Waals surface area contributed by atoms with Crippen molar-refractivity contribution in [2.75, 3.05) is 12.4 Å². The van der Waals surface area contributed by atoms with E-state index in [-0.39, 0.29) is 11.6 Å². The van der Waals surface area contributed by atoms with Gasteiger partial charge in [0.25, 0.3) is 5.91 Å². The van der Waals surface area contributed by atoms with Crippen LogP contribution in [0.25, 0.3) is 17.0 Å². The first kappa shape index (κ1) is 21.8. The van der Waals surface area contributed by atoms with E-state index in [1.807, 2.05) is 6.07 Å². The number of nitrogens with zero attached hydrogens (tertiary/aromatic N) is 4. The van der Waals surface area contributed by atoms with Gasteiger partial charge in [-0.05, 0) is 23.2 Å². The number of benzene rings is 2. The number of aromatic nitrogens is 4. The van der Waals surface area contributed by atoms with E-state index in [0.717, 1.165) is 16.8 Å². The third-order valence-corrected chi connectivity index (χ3v) is 5.58. The SMILES string of the molecule is COc1nc2c(C(N)=O)cccc2n1-c1nc2c(c(NCc3cccc(B(O)O)c3)n1)COC2. The second kappa shape index (κ2) is 8.74. The van der Waals surface area contributed by atoms with E-state index < -0.39 is 13.0 Å². The number of methoxy groups -OCH3 is 1. The van der Waals surface area contributed by atoms with Gasteiger partial charge in [-0.1, -0.05) is 30.3 Å².